The van der Waals surface area contributed by atoms with E-state index in [0.29, 0.717) is 0 Å². The molecule has 137 valence electrons. The van der Waals surface area contributed by atoms with Crippen molar-refractivity contribution in [2.75, 3.05) is 0 Å². The molecule has 0 heterocycles. The van der Waals surface area contributed by atoms with Gasteiger partial charge in [-0.3, -0.25) is 0 Å². The average molecular weight is 330 g/mol. The molecule has 1 aromatic carbocycles. The summed E-state index contributed by atoms with van der Waals surface area (Å²) >= 11 is 0. The van der Waals surface area contributed by atoms with Crippen molar-refractivity contribution in [1.29, 1.82) is 0 Å². The molecule has 1 radical (unpaired) electrons. The minimum absolute atomic E-state index is 1.06. The lowest BCUT2D eigenvalue weighted by Gasteiger charge is -2.15. The molecule has 0 bridgehead atoms. The molecule has 0 heteroatoms. The van der Waals surface area contributed by atoms with Crippen LogP contribution in [0.3, 0.4) is 0 Å². The van der Waals surface area contributed by atoms with Crippen LogP contribution in [0.25, 0.3) is 0 Å². The predicted molar refractivity (Wildman–Crippen MR) is 110 cm³/mol. The Balaban J connectivity index is 2.58. The maximum atomic E-state index is 4.05. The van der Waals surface area contributed by atoms with Gasteiger partial charge in [-0.15, -0.1) is 0 Å². The number of benzene rings is 1. The third kappa shape index (κ3) is 8.90. The Hall–Kier alpha value is -0.780. The van der Waals surface area contributed by atoms with E-state index in [1.165, 1.54) is 89.9 Å². The fraction of sp³-hybridized carbons (Fsp3) is 0.708. The van der Waals surface area contributed by atoms with Crippen molar-refractivity contribution in [3.63, 3.8) is 0 Å². The van der Waals surface area contributed by atoms with Gasteiger partial charge in [-0.1, -0.05) is 96.8 Å². The van der Waals surface area contributed by atoms with E-state index in [1.807, 2.05) is 0 Å². The van der Waals surface area contributed by atoms with Gasteiger partial charge in [-0.25, -0.2) is 0 Å². The number of hydrogen-bond donors (Lipinski definition) is 0. The molecule has 0 aliphatic carbocycles. The van der Waals surface area contributed by atoms with Gasteiger partial charge in [0.25, 0.3) is 0 Å². The van der Waals surface area contributed by atoms with Crippen molar-refractivity contribution in [1.82, 2.24) is 0 Å². The highest BCUT2D eigenvalue weighted by atomic mass is 14.1. The highest BCUT2D eigenvalue weighted by molar-refractivity contribution is 5.36. The molecule has 0 N–H and O–H groups in total. The fourth-order valence-corrected chi connectivity index (χ4v) is 3.62. The summed E-state index contributed by atoms with van der Waals surface area (Å²) in [5, 5.41) is 0. The van der Waals surface area contributed by atoms with E-state index < -0.39 is 0 Å². The Bertz CT molecular complexity index is 372. The van der Waals surface area contributed by atoms with E-state index >= 15 is 0 Å². The van der Waals surface area contributed by atoms with Crippen molar-refractivity contribution in [3.05, 3.63) is 41.8 Å². The summed E-state index contributed by atoms with van der Waals surface area (Å²) in [6, 6.07) is 7.08. The zero-order valence-corrected chi connectivity index (χ0v) is 16.5. The molecular weight excluding hydrogens is 288 g/mol. The summed E-state index contributed by atoms with van der Waals surface area (Å²) in [7, 11) is 0. The molecule has 0 nitrogen and oxygen atoms in total. The molecular formula is C24H41. The average Bonchev–Trinajstić information content (AvgIpc) is 2.60. The third-order valence-corrected chi connectivity index (χ3v) is 5.15. The number of hydrogen-bond acceptors (Lipinski definition) is 0. The molecule has 0 aliphatic rings. The molecule has 1 rings (SSSR count). The first-order valence-electron chi connectivity index (χ1n) is 10.7. The van der Waals surface area contributed by atoms with E-state index in [0.717, 1.165) is 6.42 Å². The Kier molecular flexibility index (Phi) is 12.9. The van der Waals surface area contributed by atoms with Crippen LogP contribution in [0.2, 0.25) is 0 Å². The lowest BCUT2D eigenvalue weighted by molar-refractivity contribution is 0.624. The first-order chi connectivity index (χ1) is 11.8. The van der Waals surface area contributed by atoms with Crippen LogP contribution in [0, 0.1) is 6.92 Å². The summed E-state index contributed by atoms with van der Waals surface area (Å²) in [5.74, 6) is 0. The van der Waals surface area contributed by atoms with E-state index in [2.05, 4.69) is 39.0 Å². The van der Waals surface area contributed by atoms with Crippen LogP contribution in [0.15, 0.2) is 18.2 Å². The highest BCUT2D eigenvalue weighted by Gasteiger charge is 2.08. The van der Waals surface area contributed by atoms with Crippen LogP contribution < -0.4 is 0 Å². The van der Waals surface area contributed by atoms with Crippen molar-refractivity contribution >= 4 is 0 Å². The topological polar surface area (TPSA) is 0 Å². The first kappa shape index (κ1) is 21.3. The third-order valence-electron chi connectivity index (χ3n) is 5.15. The molecule has 0 atom stereocenters. The standard InChI is InChI=1S/C24H41/c1-4-7-10-12-14-17-22-19-16-20-23(24(22)21-9-6-3)18-15-13-11-8-5-2/h16,19-20H,3-15,17-18,21H2,1-2H3. The van der Waals surface area contributed by atoms with Gasteiger partial charge >= 0.3 is 0 Å². The summed E-state index contributed by atoms with van der Waals surface area (Å²) in [6.07, 6.45) is 19.9. The van der Waals surface area contributed by atoms with Crippen LogP contribution in [0.1, 0.15) is 108 Å². The fourth-order valence-electron chi connectivity index (χ4n) is 3.62. The van der Waals surface area contributed by atoms with E-state index in [-0.39, 0.29) is 0 Å². The van der Waals surface area contributed by atoms with Crippen LogP contribution in [-0.2, 0) is 19.3 Å². The Labute approximate surface area is 152 Å². The lowest BCUT2D eigenvalue weighted by atomic mass is 9.90. The maximum Gasteiger partial charge on any atom is -0.0273 e. The largest absolute Gasteiger partial charge is 0.0654 e. The lowest BCUT2D eigenvalue weighted by Crippen LogP contribution is -2.01. The predicted octanol–water partition coefficient (Wildman–Crippen LogP) is 7.87. The van der Waals surface area contributed by atoms with Crippen LogP contribution in [0.4, 0.5) is 0 Å². The van der Waals surface area contributed by atoms with Gasteiger partial charge in [0.15, 0.2) is 0 Å². The van der Waals surface area contributed by atoms with Gasteiger partial charge in [0.1, 0.15) is 0 Å². The molecule has 1 aromatic rings. The molecule has 0 saturated heterocycles. The number of rotatable bonds is 15. The van der Waals surface area contributed by atoms with Gasteiger partial charge in [-0.2, -0.15) is 0 Å². The maximum absolute atomic E-state index is 4.05. The van der Waals surface area contributed by atoms with Crippen molar-refractivity contribution in [2.45, 2.75) is 110 Å². The molecule has 0 amide bonds. The number of unbranched alkanes of at least 4 members (excludes halogenated alkanes) is 9. The SMILES string of the molecule is [CH2]CCCc1c(CCCCCCC)cccc1CCCCCCC. The summed E-state index contributed by atoms with van der Waals surface area (Å²) in [5.41, 5.74) is 4.93. The van der Waals surface area contributed by atoms with E-state index in [4.69, 9.17) is 0 Å². The normalized spacial score (nSPS) is 11.1. The van der Waals surface area contributed by atoms with Crippen LogP contribution in [0.5, 0.6) is 0 Å². The van der Waals surface area contributed by atoms with Crippen molar-refractivity contribution < 1.29 is 0 Å². The zero-order chi connectivity index (χ0) is 17.5. The molecule has 24 heavy (non-hydrogen) atoms. The van der Waals surface area contributed by atoms with Gasteiger partial charge in [0.05, 0.1) is 0 Å². The molecule has 0 spiro atoms. The molecule has 0 unspecified atom stereocenters. The highest BCUT2D eigenvalue weighted by Crippen LogP contribution is 2.22. The van der Waals surface area contributed by atoms with Crippen molar-refractivity contribution in [2.24, 2.45) is 0 Å². The van der Waals surface area contributed by atoms with Gasteiger partial charge in [-0.05, 0) is 55.2 Å². The Morgan fingerprint density at radius 1 is 0.625 bits per heavy atom. The smallest absolute Gasteiger partial charge is 0.0273 e. The minimum atomic E-state index is 1.06. The van der Waals surface area contributed by atoms with Crippen molar-refractivity contribution in [3.8, 4) is 0 Å². The summed E-state index contributed by atoms with van der Waals surface area (Å²) in [6.45, 7) is 8.64. The monoisotopic (exact) mass is 329 g/mol. The Morgan fingerprint density at radius 3 is 1.58 bits per heavy atom. The molecule has 0 aromatic heterocycles. The summed E-state index contributed by atoms with van der Waals surface area (Å²) in [4.78, 5) is 0. The quantitative estimate of drug-likeness (QED) is 0.287. The second-order valence-corrected chi connectivity index (χ2v) is 7.34. The number of aryl methyl sites for hydroxylation is 2. The van der Waals surface area contributed by atoms with E-state index in [9.17, 15) is 0 Å². The summed E-state index contributed by atoms with van der Waals surface area (Å²) < 4.78 is 0. The Morgan fingerprint density at radius 2 is 1.12 bits per heavy atom. The second kappa shape index (κ2) is 14.6. The van der Waals surface area contributed by atoms with Crippen LogP contribution >= 0.6 is 0 Å². The second-order valence-electron chi connectivity index (χ2n) is 7.34. The molecule has 0 aliphatic heterocycles. The first-order valence-corrected chi connectivity index (χ1v) is 10.7. The van der Waals surface area contributed by atoms with E-state index in [1.54, 1.807) is 16.7 Å². The molecule has 0 saturated carbocycles. The van der Waals surface area contributed by atoms with Gasteiger partial charge in [0, 0.05) is 0 Å². The minimum Gasteiger partial charge on any atom is -0.0654 e. The van der Waals surface area contributed by atoms with Crippen LogP contribution in [-0.4, -0.2) is 0 Å². The van der Waals surface area contributed by atoms with Gasteiger partial charge in [0.2, 0.25) is 0 Å². The van der Waals surface area contributed by atoms with Gasteiger partial charge < -0.3 is 0 Å². The zero-order valence-electron chi connectivity index (χ0n) is 16.5. The molecule has 0 fully saturated rings.